The van der Waals surface area contributed by atoms with Crippen molar-refractivity contribution in [2.75, 3.05) is 11.9 Å². The molecule has 1 saturated carbocycles. The Morgan fingerprint density at radius 3 is 2.66 bits per heavy atom. The minimum absolute atomic E-state index is 0.0193. The number of amides is 4. The van der Waals surface area contributed by atoms with Gasteiger partial charge < -0.3 is 15.4 Å². The van der Waals surface area contributed by atoms with Crippen LogP contribution in [0.4, 0.5) is 14.9 Å². The van der Waals surface area contributed by atoms with E-state index in [1.165, 1.54) is 31.2 Å². The van der Waals surface area contributed by atoms with Crippen molar-refractivity contribution in [2.45, 2.75) is 51.2 Å². The van der Waals surface area contributed by atoms with Crippen LogP contribution in [0.2, 0.25) is 0 Å². The van der Waals surface area contributed by atoms with E-state index in [0.717, 1.165) is 24.2 Å². The predicted molar refractivity (Wildman–Crippen MR) is 101 cm³/mol. The van der Waals surface area contributed by atoms with Crippen LogP contribution in [0.25, 0.3) is 0 Å². The fraction of sp³-hybridized carbons (Fsp3) is 0.500. The summed E-state index contributed by atoms with van der Waals surface area (Å²) in [5.74, 6) is -2.36. The number of rotatable bonds is 5. The van der Waals surface area contributed by atoms with Crippen molar-refractivity contribution in [1.82, 2.24) is 10.2 Å². The SMILES string of the molecule is C[C@H](OC(=O)CN1C(=O)N[C@@]2(CCCC[C@@H]2C)C1=O)C(=O)Nc1ccc(F)cc1. The first-order chi connectivity index (χ1) is 13.7. The van der Waals surface area contributed by atoms with Gasteiger partial charge in [0.2, 0.25) is 0 Å². The highest BCUT2D eigenvalue weighted by Crippen LogP contribution is 2.38. The smallest absolute Gasteiger partial charge is 0.327 e. The Bertz CT molecular complexity index is 828. The molecule has 2 N–H and O–H groups in total. The number of carbonyl (C=O) groups excluding carboxylic acids is 4. The lowest BCUT2D eigenvalue weighted by Crippen LogP contribution is -2.54. The first-order valence-electron chi connectivity index (χ1n) is 9.63. The van der Waals surface area contributed by atoms with E-state index >= 15 is 0 Å². The molecule has 0 unspecified atom stereocenters. The second-order valence-corrected chi connectivity index (χ2v) is 7.57. The average Bonchev–Trinajstić information content (AvgIpc) is 2.91. The van der Waals surface area contributed by atoms with Crippen molar-refractivity contribution < 1.29 is 28.3 Å². The van der Waals surface area contributed by atoms with E-state index in [2.05, 4.69) is 10.6 Å². The van der Waals surface area contributed by atoms with E-state index in [4.69, 9.17) is 4.74 Å². The van der Waals surface area contributed by atoms with Crippen LogP contribution in [0.3, 0.4) is 0 Å². The van der Waals surface area contributed by atoms with Crippen LogP contribution < -0.4 is 10.6 Å². The number of halogens is 1. The monoisotopic (exact) mass is 405 g/mol. The van der Waals surface area contributed by atoms with Gasteiger partial charge in [-0.25, -0.2) is 9.18 Å². The number of anilines is 1. The van der Waals surface area contributed by atoms with Gasteiger partial charge in [-0.05, 0) is 49.9 Å². The number of benzene rings is 1. The number of nitrogens with one attached hydrogen (secondary N) is 2. The standard InChI is InChI=1S/C20H24FN3O5/c1-12-5-3-4-10-20(12)18(27)24(19(28)23-20)11-16(25)29-13(2)17(26)22-15-8-6-14(21)7-9-15/h6-9,12-13H,3-5,10-11H2,1-2H3,(H,22,26)(H,23,28)/t12-,13-,20+/m0/s1. The highest BCUT2D eigenvalue weighted by molar-refractivity contribution is 6.09. The topological polar surface area (TPSA) is 105 Å². The molecule has 1 aromatic rings. The van der Waals surface area contributed by atoms with Gasteiger partial charge in [0.25, 0.3) is 11.8 Å². The van der Waals surface area contributed by atoms with Crippen LogP contribution in [0.1, 0.15) is 39.5 Å². The Morgan fingerprint density at radius 2 is 2.00 bits per heavy atom. The second-order valence-electron chi connectivity index (χ2n) is 7.57. The average molecular weight is 405 g/mol. The zero-order valence-electron chi connectivity index (χ0n) is 16.4. The zero-order valence-corrected chi connectivity index (χ0v) is 16.4. The summed E-state index contributed by atoms with van der Waals surface area (Å²) in [6.07, 6.45) is 2.03. The Morgan fingerprint density at radius 1 is 1.31 bits per heavy atom. The molecule has 0 aromatic heterocycles. The second kappa shape index (κ2) is 8.18. The van der Waals surface area contributed by atoms with Crippen molar-refractivity contribution in [3.05, 3.63) is 30.1 Å². The maximum atomic E-state index is 12.9. The van der Waals surface area contributed by atoms with Crippen LogP contribution in [0.5, 0.6) is 0 Å². The number of carbonyl (C=O) groups is 4. The fourth-order valence-corrected chi connectivity index (χ4v) is 3.83. The third-order valence-electron chi connectivity index (χ3n) is 5.58. The van der Waals surface area contributed by atoms with Crippen LogP contribution in [0.15, 0.2) is 24.3 Å². The lowest BCUT2D eigenvalue weighted by molar-refractivity contribution is -0.155. The summed E-state index contributed by atoms with van der Waals surface area (Å²) in [6.45, 7) is 2.72. The number of hydrogen-bond acceptors (Lipinski definition) is 5. The summed E-state index contributed by atoms with van der Waals surface area (Å²) >= 11 is 0. The molecular weight excluding hydrogens is 381 g/mol. The number of nitrogens with zero attached hydrogens (tertiary/aromatic N) is 1. The van der Waals surface area contributed by atoms with E-state index < -0.39 is 47.8 Å². The summed E-state index contributed by atoms with van der Waals surface area (Å²) < 4.78 is 18.0. The number of urea groups is 1. The summed E-state index contributed by atoms with van der Waals surface area (Å²) in [5, 5.41) is 5.25. The Balaban J connectivity index is 1.57. The quantitative estimate of drug-likeness (QED) is 0.577. The van der Waals surface area contributed by atoms with Crippen molar-refractivity contribution in [3.8, 4) is 0 Å². The fourth-order valence-electron chi connectivity index (χ4n) is 3.83. The first-order valence-corrected chi connectivity index (χ1v) is 9.63. The Hall–Kier alpha value is -2.97. The molecule has 2 fully saturated rings. The number of esters is 1. The van der Waals surface area contributed by atoms with E-state index in [1.54, 1.807) is 0 Å². The summed E-state index contributed by atoms with van der Waals surface area (Å²) in [6, 6.07) is 4.50. The number of hydrogen-bond donors (Lipinski definition) is 2. The molecule has 1 aliphatic heterocycles. The molecule has 1 aromatic carbocycles. The zero-order chi connectivity index (χ0) is 21.2. The first kappa shape index (κ1) is 20.8. The van der Waals surface area contributed by atoms with E-state index in [-0.39, 0.29) is 5.92 Å². The minimum atomic E-state index is -1.16. The molecule has 9 heteroatoms. The van der Waals surface area contributed by atoms with Gasteiger partial charge in [0, 0.05) is 5.69 Å². The Labute approximate surface area is 167 Å². The number of ether oxygens (including phenoxy) is 1. The van der Waals surface area contributed by atoms with Gasteiger partial charge in [-0.1, -0.05) is 19.8 Å². The summed E-state index contributed by atoms with van der Waals surface area (Å²) in [5.41, 5.74) is -0.608. The maximum absolute atomic E-state index is 12.9. The Kier molecular flexibility index (Phi) is 5.86. The van der Waals surface area contributed by atoms with Gasteiger partial charge in [0.05, 0.1) is 0 Å². The van der Waals surface area contributed by atoms with Gasteiger partial charge in [0.1, 0.15) is 17.9 Å². The molecule has 1 aliphatic carbocycles. The van der Waals surface area contributed by atoms with Gasteiger partial charge in [-0.3, -0.25) is 19.3 Å². The third kappa shape index (κ3) is 4.23. The normalized spacial score (nSPS) is 24.9. The van der Waals surface area contributed by atoms with Crippen molar-refractivity contribution in [2.24, 2.45) is 5.92 Å². The molecule has 0 bridgehead atoms. The lowest BCUT2D eigenvalue weighted by Gasteiger charge is -2.36. The molecular formula is C20H24FN3O5. The summed E-state index contributed by atoms with van der Waals surface area (Å²) in [4.78, 5) is 50.4. The van der Waals surface area contributed by atoms with Crippen LogP contribution in [-0.2, 0) is 19.1 Å². The van der Waals surface area contributed by atoms with Crippen molar-refractivity contribution >= 4 is 29.5 Å². The van der Waals surface area contributed by atoms with Crippen molar-refractivity contribution in [3.63, 3.8) is 0 Å². The van der Waals surface area contributed by atoms with Gasteiger partial charge in [-0.2, -0.15) is 0 Å². The van der Waals surface area contributed by atoms with E-state index in [9.17, 15) is 23.6 Å². The molecule has 156 valence electrons. The van der Waals surface area contributed by atoms with Crippen LogP contribution in [-0.4, -0.2) is 46.9 Å². The molecule has 2 aliphatic rings. The molecule has 8 nitrogen and oxygen atoms in total. The molecule has 1 heterocycles. The van der Waals surface area contributed by atoms with Gasteiger partial charge in [-0.15, -0.1) is 0 Å². The van der Waals surface area contributed by atoms with Crippen LogP contribution >= 0.6 is 0 Å². The molecule has 1 saturated heterocycles. The molecule has 0 radical (unpaired) electrons. The van der Waals surface area contributed by atoms with Gasteiger partial charge in [0.15, 0.2) is 6.10 Å². The lowest BCUT2D eigenvalue weighted by atomic mass is 9.73. The third-order valence-corrected chi connectivity index (χ3v) is 5.58. The molecule has 4 amide bonds. The highest BCUT2D eigenvalue weighted by atomic mass is 19.1. The van der Waals surface area contributed by atoms with Crippen molar-refractivity contribution in [1.29, 1.82) is 0 Å². The minimum Gasteiger partial charge on any atom is -0.451 e. The molecule has 29 heavy (non-hydrogen) atoms. The van der Waals surface area contributed by atoms with Crippen LogP contribution in [0, 0.1) is 11.7 Å². The van der Waals surface area contributed by atoms with E-state index in [0.29, 0.717) is 12.1 Å². The molecule has 1 spiro atoms. The van der Waals surface area contributed by atoms with Gasteiger partial charge >= 0.3 is 12.0 Å². The highest BCUT2D eigenvalue weighted by Gasteiger charge is 2.55. The maximum Gasteiger partial charge on any atom is 0.327 e. The molecule has 3 rings (SSSR count). The van der Waals surface area contributed by atoms with E-state index in [1.807, 2.05) is 6.92 Å². The molecule has 3 atom stereocenters. The predicted octanol–water partition coefficient (Wildman–Crippen LogP) is 2.20. The largest absolute Gasteiger partial charge is 0.451 e. The summed E-state index contributed by atoms with van der Waals surface area (Å²) in [7, 11) is 0. The number of imide groups is 1.